The first-order valence-corrected chi connectivity index (χ1v) is 8.39. The second kappa shape index (κ2) is 8.06. The van der Waals surface area contributed by atoms with E-state index in [1.807, 2.05) is 37.3 Å². The molecule has 0 aliphatic heterocycles. The quantitative estimate of drug-likeness (QED) is 0.507. The van der Waals surface area contributed by atoms with Crippen molar-refractivity contribution < 1.29 is 19.1 Å². The highest BCUT2D eigenvalue weighted by Gasteiger charge is 2.12. The fourth-order valence-electron chi connectivity index (χ4n) is 2.49. The Balaban J connectivity index is 1.76. The summed E-state index contributed by atoms with van der Waals surface area (Å²) in [5.41, 5.74) is 2.39. The van der Waals surface area contributed by atoms with Crippen LogP contribution in [0, 0.1) is 18.3 Å². The Kier molecular flexibility index (Phi) is 5.38. The van der Waals surface area contributed by atoms with Crippen molar-refractivity contribution in [3.8, 4) is 17.4 Å². The minimum atomic E-state index is -1.06. The average molecular weight is 372 g/mol. The molecule has 28 heavy (non-hydrogen) atoms. The van der Waals surface area contributed by atoms with E-state index in [9.17, 15) is 14.9 Å². The molecule has 0 bridgehead atoms. The summed E-state index contributed by atoms with van der Waals surface area (Å²) in [6.45, 7) is 1.99. The average Bonchev–Trinajstić information content (AvgIpc) is 3.15. The summed E-state index contributed by atoms with van der Waals surface area (Å²) < 4.78 is 5.71. The van der Waals surface area contributed by atoms with E-state index in [1.165, 1.54) is 30.3 Å². The van der Waals surface area contributed by atoms with E-state index in [2.05, 4.69) is 5.32 Å². The van der Waals surface area contributed by atoms with Crippen molar-refractivity contribution >= 4 is 23.6 Å². The van der Waals surface area contributed by atoms with Crippen molar-refractivity contribution in [3.63, 3.8) is 0 Å². The van der Waals surface area contributed by atoms with E-state index >= 15 is 0 Å². The number of aromatic carboxylic acids is 1. The van der Waals surface area contributed by atoms with E-state index in [-0.39, 0.29) is 11.1 Å². The molecule has 0 spiro atoms. The van der Waals surface area contributed by atoms with Gasteiger partial charge in [-0.3, -0.25) is 4.79 Å². The maximum atomic E-state index is 12.3. The first-order valence-electron chi connectivity index (χ1n) is 8.39. The third kappa shape index (κ3) is 4.34. The van der Waals surface area contributed by atoms with Crippen LogP contribution in [0.3, 0.4) is 0 Å². The lowest BCUT2D eigenvalue weighted by molar-refractivity contribution is -0.112. The largest absolute Gasteiger partial charge is 0.478 e. The Bertz CT molecular complexity index is 1080. The molecule has 0 fully saturated rings. The first-order chi connectivity index (χ1) is 13.5. The minimum absolute atomic E-state index is 0.105. The topological polar surface area (TPSA) is 103 Å². The van der Waals surface area contributed by atoms with Crippen molar-refractivity contribution in [3.05, 3.63) is 83.1 Å². The number of aryl methyl sites for hydroxylation is 1. The van der Waals surface area contributed by atoms with Crippen molar-refractivity contribution in [2.45, 2.75) is 6.92 Å². The van der Waals surface area contributed by atoms with E-state index in [0.29, 0.717) is 17.2 Å². The molecule has 1 heterocycles. The summed E-state index contributed by atoms with van der Waals surface area (Å²) in [6, 6.07) is 18.8. The minimum Gasteiger partial charge on any atom is -0.478 e. The summed E-state index contributed by atoms with van der Waals surface area (Å²) in [7, 11) is 0. The number of carbonyl (C=O) groups is 2. The van der Waals surface area contributed by atoms with Gasteiger partial charge in [-0.1, -0.05) is 29.8 Å². The monoisotopic (exact) mass is 372 g/mol. The van der Waals surface area contributed by atoms with Gasteiger partial charge in [0, 0.05) is 17.3 Å². The number of nitrogens with zero attached hydrogens (tertiary/aromatic N) is 1. The van der Waals surface area contributed by atoms with Crippen LogP contribution >= 0.6 is 0 Å². The van der Waals surface area contributed by atoms with E-state index < -0.39 is 11.9 Å². The smallest absolute Gasteiger partial charge is 0.335 e. The molecule has 0 aliphatic rings. The Labute approximate surface area is 161 Å². The molecular weight excluding hydrogens is 356 g/mol. The summed E-state index contributed by atoms with van der Waals surface area (Å²) >= 11 is 0. The molecular formula is C22H16N2O4. The number of hydrogen-bond donors (Lipinski definition) is 2. The Morgan fingerprint density at radius 1 is 1.04 bits per heavy atom. The van der Waals surface area contributed by atoms with Gasteiger partial charge < -0.3 is 14.8 Å². The molecule has 0 unspecified atom stereocenters. The van der Waals surface area contributed by atoms with Crippen LogP contribution in [-0.4, -0.2) is 17.0 Å². The molecule has 0 saturated carbocycles. The third-order valence-electron chi connectivity index (χ3n) is 4.00. The van der Waals surface area contributed by atoms with Crippen molar-refractivity contribution in [2.24, 2.45) is 0 Å². The lowest BCUT2D eigenvalue weighted by atomic mass is 10.1. The molecule has 0 radical (unpaired) electrons. The maximum Gasteiger partial charge on any atom is 0.335 e. The molecule has 6 nitrogen and oxygen atoms in total. The Morgan fingerprint density at radius 2 is 1.71 bits per heavy atom. The zero-order valence-electron chi connectivity index (χ0n) is 15.0. The summed E-state index contributed by atoms with van der Waals surface area (Å²) in [5.74, 6) is -0.659. The second-order valence-corrected chi connectivity index (χ2v) is 6.07. The van der Waals surface area contributed by atoms with Gasteiger partial charge in [-0.05, 0) is 43.3 Å². The zero-order chi connectivity index (χ0) is 20.1. The number of anilines is 1. The van der Waals surface area contributed by atoms with Gasteiger partial charge in [0.25, 0.3) is 5.91 Å². The number of nitrogens with one attached hydrogen (secondary N) is 1. The van der Waals surface area contributed by atoms with Crippen LogP contribution in [0.4, 0.5) is 5.69 Å². The lowest BCUT2D eigenvalue weighted by Crippen LogP contribution is -2.13. The van der Waals surface area contributed by atoms with Gasteiger partial charge in [0.15, 0.2) is 0 Å². The van der Waals surface area contributed by atoms with Crippen LogP contribution in [0.2, 0.25) is 0 Å². The molecule has 138 valence electrons. The summed E-state index contributed by atoms with van der Waals surface area (Å²) in [4.78, 5) is 23.2. The number of benzene rings is 2. The van der Waals surface area contributed by atoms with Crippen LogP contribution in [0.25, 0.3) is 17.4 Å². The Hall–Kier alpha value is -4.11. The molecule has 2 N–H and O–H groups in total. The molecule has 3 rings (SSSR count). The number of rotatable bonds is 5. The van der Waals surface area contributed by atoms with Gasteiger partial charge >= 0.3 is 5.97 Å². The van der Waals surface area contributed by atoms with Crippen molar-refractivity contribution in [2.75, 3.05) is 5.32 Å². The number of carbonyl (C=O) groups excluding carboxylic acids is 1. The molecule has 1 amide bonds. The predicted octanol–water partition coefficient (Wildman–Crippen LogP) is 4.50. The Morgan fingerprint density at radius 3 is 2.32 bits per heavy atom. The lowest BCUT2D eigenvalue weighted by Gasteiger charge is -2.04. The number of amides is 1. The molecule has 1 aromatic heterocycles. The molecule has 0 saturated heterocycles. The number of carboxylic acid groups (broad SMARTS) is 1. The van der Waals surface area contributed by atoms with Gasteiger partial charge in [-0.15, -0.1) is 0 Å². The molecule has 3 aromatic rings. The summed E-state index contributed by atoms with van der Waals surface area (Å²) in [5, 5.41) is 20.8. The zero-order valence-corrected chi connectivity index (χ0v) is 15.0. The number of nitriles is 1. The second-order valence-electron chi connectivity index (χ2n) is 6.07. The van der Waals surface area contributed by atoms with Gasteiger partial charge in [0.1, 0.15) is 23.2 Å². The van der Waals surface area contributed by atoms with E-state index in [1.54, 1.807) is 12.1 Å². The van der Waals surface area contributed by atoms with E-state index in [4.69, 9.17) is 9.52 Å². The highest BCUT2D eigenvalue weighted by Crippen LogP contribution is 2.24. The van der Waals surface area contributed by atoms with Crippen LogP contribution in [-0.2, 0) is 4.79 Å². The van der Waals surface area contributed by atoms with E-state index in [0.717, 1.165) is 11.1 Å². The standard InChI is InChI=1S/C22H16N2O4/c1-14-2-4-15(5-3-14)20-11-10-19(28-20)12-17(13-23)21(25)24-18-8-6-16(7-9-18)22(26)27/h2-12H,1H3,(H,24,25)(H,26,27)/b17-12+. The van der Waals surface area contributed by atoms with Gasteiger partial charge in [0.05, 0.1) is 5.56 Å². The fraction of sp³-hybridized carbons (Fsp3) is 0.0455. The number of carboxylic acids is 1. The predicted molar refractivity (Wildman–Crippen MR) is 105 cm³/mol. The molecule has 0 atom stereocenters. The van der Waals surface area contributed by atoms with Crippen molar-refractivity contribution in [1.82, 2.24) is 0 Å². The summed E-state index contributed by atoms with van der Waals surface area (Å²) in [6.07, 6.45) is 1.36. The van der Waals surface area contributed by atoms with Gasteiger partial charge in [-0.25, -0.2) is 4.79 Å². The van der Waals surface area contributed by atoms with Crippen LogP contribution in [0.5, 0.6) is 0 Å². The number of furan rings is 1. The fourth-order valence-corrected chi connectivity index (χ4v) is 2.49. The number of hydrogen-bond acceptors (Lipinski definition) is 4. The molecule has 0 aliphatic carbocycles. The SMILES string of the molecule is Cc1ccc(-c2ccc(/C=C(\C#N)C(=O)Nc3ccc(C(=O)O)cc3)o2)cc1. The highest BCUT2D eigenvalue weighted by molar-refractivity contribution is 6.09. The third-order valence-corrected chi connectivity index (χ3v) is 4.00. The normalized spacial score (nSPS) is 10.9. The van der Waals surface area contributed by atoms with Crippen LogP contribution in [0.1, 0.15) is 21.7 Å². The molecule has 2 aromatic carbocycles. The highest BCUT2D eigenvalue weighted by atomic mass is 16.4. The molecule has 6 heteroatoms. The van der Waals surface area contributed by atoms with Crippen molar-refractivity contribution in [1.29, 1.82) is 5.26 Å². The van der Waals surface area contributed by atoms with Crippen LogP contribution in [0.15, 0.2) is 70.7 Å². The first kappa shape index (κ1) is 18.7. The maximum absolute atomic E-state index is 12.3. The van der Waals surface area contributed by atoms with Gasteiger partial charge in [-0.2, -0.15) is 5.26 Å². The van der Waals surface area contributed by atoms with Crippen LogP contribution < -0.4 is 5.32 Å². The van der Waals surface area contributed by atoms with Gasteiger partial charge in [0.2, 0.25) is 0 Å².